The highest BCUT2D eigenvalue weighted by Crippen LogP contribution is 2.20. The molecule has 0 atom stereocenters. The van der Waals surface area contributed by atoms with Crippen molar-refractivity contribution in [1.29, 1.82) is 0 Å². The van der Waals surface area contributed by atoms with Crippen molar-refractivity contribution < 1.29 is 9.18 Å². The lowest BCUT2D eigenvalue weighted by atomic mass is 10.2. The molecule has 0 saturated carbocycles. The number of benzene rings is 1. The maximum Gasteiger partial charge on any atom is 0.246 e. The van der Waals surface area contributed by atoms with Gasteiger partial charge in [-0.05, 0) is 31.2 Å². The first kappa shape index (κ1) is 20.5. The summed E-state index contributed by atoms with van der Waals surface area (Å²) in [5.74, 6) is 1.56. The zero-order valence-corrected chi connectivity index (χ0v) is 17.9. The van der Waals surface area contributed by atoms with Gasteiger partial charge in [0.15, 0.2) is 0 Å². The van der Waals surface area contributed by atoms with Gasteiger partial charge in [-0.25, -0.2) is 14.4 Å². The second kappa shape index (κ2) is 8.82. The van der Waals surface area contributed by atoms with Crippen LogP contribution in [0.15, 0.2) is 34.8 Å². The summed E-state index contributed by atoms with van der Waals surface area (Å²) in [4.78, 5) is 25.6. The second-order valence-electron chi connectivity index (χ2n) is 7.19. The van der Waals surface area contributed by atoms with Crippen LogP contribution in [0.1, 0.15) is 36.8 Å². The van der Waals surface area contributed by atoms with Gasteiger partial charge in [-0.1, -0.05) is 29.8 Å². The van der Waals surface area contributed by atoms with Crippen molar-refractivity contribution in [2.45, 2.75) is 26.7 Å². The SMILES string of the molecule is Cc1cc(N2CCN(C(=O)/C=C/c3cc(Br)ccc3F)CC2)nc(C(C)C)n1. The third-order valence-electron chi connectivity index (χ3n) is 4.65. The van der Waals surface area contributed by atoms with Crippen molar-refractivity contribution in [1.82, 2.24) is 14.9 Å². The van der Waals surface area contributed by atoms with E-state index in [1.54, 1.807) is 17.0 Å². The molecule has 2 heterocycles. The molecule has 2 aromatic rings. The Morgan fingerprint density at radius 3 is 2.57 bits per heavy atom. The highest BCUT2D eigenvalue weighted by atomic mass is 79.9. The predicted octanol–water partition coefficient (Wildman–Crippen LogP) is 4.17. The van der Waals surface area contributed by atoms with Crippen LogP contribution in [-0.2, 0) is 4.79 Å². The molecular weight excluding hydrogens is 423 g/mol. The first-order chi connectivity index (χ1) is 13.3. The Hall–Kier alpha value is -2.28. The van der Waals surface area contributed by atoms with Crippen LogP contribution in [-0.4, -0.2) is 47.0 Å². The van der Waals surface area contributed by atoms with E-state index < -0.39 is 0 Å². The number of anilines is 1. The van der Waals surface area contributed by atoms with Gasteiger partial charge in [0.1, 0.15) is 17.5 Å². The first-order valence-corrected chi connectivity index (χ1v) is 10.2. The van der Waals surface area contributed by atoms with Crippen molar-refractivity contribution in [3.05, 3.63) is 57.7 Å². The molecule has 7 heteroatoms. The zero-order valence-electron chi connectivity index (χ0n) is 16.3. The van der Waals surface area contributed by atoms with Gasteiger partial charge in [-0.2, -0.15) is 0 Å². The molecule has 0 bridgehead atoms. The predicted molar refractivity (Wildman–Crippen MR) is 113 cm³/mol. The number of nitrogens with zero attached hydrogens (tertiary/aromatic N) is 4. The molecule has 1 aliphatic rings. The lowest BCUT2D eigenvalue weighted by Gasteiger charge is -2.35. The number of halogens is 2. The molecule has 148 valence electrons. The Kier molecular flexibility index (Phi) is 6.44. The summed E-state index contributed by atoms with van der Waals surface area (Å²) in [5.41, 5.74) is 1.34. The molecule has 0 aliphatic carbocycles. The molecule has 0 N–H and O–H groups in total. The largest absolute Gasteiger partial charge is 0.353 e. The number of aryl methyl sites for hydroxylation is 1. The van der Waals surface area contributed by atoms with Crippen molar-refractivity contribution in [2.75, 3.05) is 31.1 Å². The van der Waals surface area contributed by atoms with Crippen LogP contribution in [0.5, 0.6) is 0 Å². The van der Waals surface area contributed by atoms with Gasteiger partial charge in [0.05, 0.1) is 0 Å². The summed E-state index contributed by atoms with van der Waals surface area (Å²) in [6.45, 7) is 8.75. The Morgan fingerprint density at radius 1 is 1.18 bits per heavy atom. The molecule has 1 fully saturated rings. The monoisotopic (exact) mass is 446 g/mol. The number of hydrogen-bond donors (Lipinski definition) is 0. The van der Waals surface area contributed by atoms with E-state index in [0.717, 1.165) is 21.8 Å². The number of rotatable bonds is 4. The fraction of sp³-hybridized carbons (Fsp3) is 0.381. The lowest BCUT2D eigenvalue weighted by molar-refractivity contribution is -0.126. The van der Waals surface area contributed by atoms with E-state index in [9.17, 15) is 9.18 Å². The molecule has 5 nitrogen and oxygen atoms in total. The minimum absolute atomic E-state index is 0.110. The van der Waals surface area contributed by atoms with Gasteiger partial charge >= 0.3 is 0 Å². The maximum atomic E-state index is 13.8. The Balaban J connectivity index is 1.63. The average Bonchev–Trinajstić information content (AvgIpc) is 2.68. The Bertz CT molecular complexity index is 892. The van der Waals surface area contributed by atoms with Crippen molar-refractivity contribution >= 4 is 33.7 Å². The topological polar surface area (TPSA) is 49.3 Å². The number of amides is 1. The van der Waals surface area contributed by atoms with Gasteiger partial charge in [-0.15, -0.1) is 0 Å². The molecule has 0 radical (unpaired) electrons. The van der Waals surface area contributed by atoms with Crippen LogP contribution in [0.2, 0.25) is 0 Å². The summed E-state index contributed by atoms with van der Waals surface area (Å²) in [7, 11) is 0. The van der Waals surface area contributed by atoms with Crippen LogP contribution < -0.4 is 4.90 Å². The van der Waals surface area contributed by atoms with E-state index in [-0.39, 0.29) is 17.6 Å². The van der Waals surface area contributed by atoms with Crippen LogP contribution >= 0.6 is 15.9 Å². The molecule has 1 aromatic heterocycles. The lowest BCUT2D eigenvalue weighted by Crippen LogP contribution is -2.48. The molecule has 1 amide bonds. The van der Waals surface area contributed by atoms with E-state index in [1.807, 2.05) is 13.0 Å². The minimum atomic E-state index is -0.350. The molecule has 1 aliphatic heterocycles. The van der Waals surface area contributed by atoms with E-state index in [2.05, 4.69) is 44.6 Å². The van der Waals surface area contributed by atoms with Crippen LogP contribution in [0.4, 0.5) is 10.2 Å². The first-order valence-electron chi connectivity index (χ1n) is 9.36. The summed E-state index contributed by atoms with van der Waals surface area (Å²) in [5, 5.41) is 0. The molecule has 3 rings (SSSR count). The number of piperazine rings is 1. The molecule has 1 aromatic carbocycles. The number of hydrogen-bond acceptors (Lipinski definition) is 4. The number of aromatic nitrogens is 2. The quantitative estimate of drug-likeness (QED) is 0.661. The van der Waals surface area contributed by atoms with Gasteiger partial charge in [0.2, 0.25) is 5.91 Å². The maximum absolute atomic E-state index is 13.8. The molecule has 0 unspecified atom stereocenters. The average molecular weight is 447 g/mol. The van der Waals surface area contributed by atoms with Crippen LogP contribution in [0, 0.1) is 12.7 Å². The highest BCUT2D eigenvalue weighted by molar-refractivity contribution is 9.10. The molecular formula is C21H24BrFN4O. The normalized spacial score (nSPS) is 14.9. The fourth-order valence-corrected chi connectivity index (χ4v) is 3.44. The van der Waals surface area contributed by atoms with E-state index in [0.29, 0.717) is 31.7 Å². The molecule has 0 spiro atoms. The Morgan fingerprint density at radius 2 is 1.89 bits per heavy atom. The van der Waals surface area contributed by atoms with Gasteiger partial charge in [-0.3, -0.25) is 4.79 Å². The van der Waals surface area contributed by atoms with Gasteiger partial charge in [0, 0.05) is 60.0 Å². The summed E-state index contributed by atoms with van der Waals surface area (Å²) >= 11 is 3.32. The summed E-state index contributed by atoms with van der Waals surface area (Å²) in [6.07, 6.45) is 2.96. The standard InChI is InChI=1S/C21H24BrFN4O/c1-14(2)21-24-15(3)12-19(25-21)26-8-10-27(11-9-26)20(28)7-4-16-13-17(22)5-6-18(16)23/h4-7,12-14H,8-11H2,1-3H3/b7-4+. The van der Waals surface area contributed by atoms with E-state index in [4.69, 9.17) is 0 Å². The minimum Gasteiger partial charge on any atom is -0.353 e. The van der Waals surface area contributed by atoms with Crippen molar-refractivity contribution in [3.8, 4) is 0 Å². The fourth-order valence-electron chi connectivity index (χ4n) is 3.06. The number of carbonyl (C=O) groups is 1. The summed E-state index contributed by atoms with van der Waals surface area (Å²) in [6, 6.07) is 6.65. The molecule has 28 heavy (non-hydrogen) atoms. The smallest absolute Gasteiger partial charge is 0.246 e. The highest BCUT2D eigenvalue weighted by Gasteiger charge is 2.21. The zero-order chi connectivity index (χ0) is 20.3. The van der Waals surface area contributed by atoms with Crippen molar-refractivity contribution in [2.24, 2.45) is 0 Å². The molecule has 1 saturated heterocycles. The van der Waals surface area contributed by atoms with Gasteiger partial charge in [0.25, 0.3) is 0 Å². The van der Waals surface area contributed by atoms with Gasteiger partial charge < -0.3 is 9.80 Å². The van der Waals surface area contributed by atoms with E-state index >= 15 is 0 Å². The van der Waals surface area contributed by atoms with Crippen molar-refractivity contribution in [3.63, 3.8) is 0 Å². The van der Waals surface area contributed by atoms with Crippen LogP contribution in [0.3, 0.4) is 0 Å². The number of carbonyl (C=O) groups excluding carboxylic acids is 1. The Labute approximate surface area is 173 Å². The van der Waals surface area contributed by atoms with Crippen LogP contribution in [0.25, 0.3) is 6.08 Å². The third-order valence-corrected chi connectivity index (χ3v) is 5.15. The van der Waals surface area contributed by atoms with E-state index in [1.165, 1.54) is 18.2 Å². The second-order valence-corrected chi connectivity index (χ2v) is 8.11. The third kappa shape index (κ3) is 4.95. The summed E-state index contributed by atoms with van der Waals surface area (Å²) < 4.78 is 14.6.